The molecular formula is C31H42Cl2N4O5. The number of hydrogen-bond donors (Lipinski definition) is 4. The van der Waals surface area contributed by atoms with Crippen molar-refractivity contribution in [2.24, 2.45) is 11.8 Å². The van der Waals surface area contributed by atoms with Gasteiger partial charge in [0.15, 0.2) is 23.1 Å². The summed E-state index contributed by atoms with van der Waals surface area (Å²) in [6.45, 7) is 5.02. The van der Waals surface area contributed by atoms with E-state index in [-0.39, 0.29) is 11.6 Å². The van der Waals surface area contributed by atoms with Gasteiger partial charge >= 0.3 is 0 Å². The molecule has 9 nitrogen and oxygen atoms in total. The Hall–Kier alpha value is -2.72. The van der Waals surface area contributed by atoms with E-state index in [1.54, 1.807) is 18.2 Å². The lowest BCUT2D eigenvalue weighted by Gasteiger charge is -2.24. The molecule has 0 atom stereocenters. The van der Waals surface area contributed by atoms with Gasteiger partial charge in [0, 0.05) is 18.9 Å². The number of carbonyl (C=O) groups is 2. The lowest BCUT2D eigenvalue weighted by atomic mass is 9.91. The van der Waals surface area contributed by atoms with Crippen LogP contribution < -0.4 is 36.3 Å². The summed E-state index contributed by atoms with van der Waals surface area (Å²) >= 11 is 12.1. The van der Waals surface area contributed by atoms with E-state index in [0.29, 0.717) is 87.7 Å². The minimum absolute atomic E-state index is 0.0437. The summed E-state index contributed by atoms with van der Waals surface area (Å²) in [5, 5.41) is 7.41. The molecule has 3 heterocycles. The van der Waals surface area contributed by atoms with Gasteiger partial charge in [0.1, 0.15) is 19.0 Å². The van der Waals surface area contributed by atoms with E-state index >= 15 is 0 Å². The molecule has 11 heteroatoms. The number of nitrogens with one attached hydrogen (secondary N) is 2. The fraction of sp³-hybridized carbons (Fsp3) is 0.548. The number of Topliss-reactive ketones (excluding diaryl/α,β-unsaturated/α-hetero) is 2. The van der Waals surface area contributed by atoms with Gasteiger partial charge in [-0.15, -0.1) is 0 Å². The van der Waals surface area contributed by atoms with E-state index < -0.39 is 0 Å². The molecule has 0 unspecified atom stereocenters. The summed E-state index contributed by atoms with van der Waals surface area (Å²) in [7, 11) is 1.53. The molecule has 0 saturated carbocycles. The number of piperidine rings is 2. The number of ketones is 2. The van der Waals surface area contributed by atoms with Gasteiger partial charge in [-0.1, -0.05) is 23.2 Å². The first-order valence-corrected chi connectivity index (χ1v) is 15.5. The van der Waals surface area contributed by atoms with Crippen molar-refractivity contribution in [1.82, 2.24) is 10.6 Å². The van der Waals surface area contributed by atoms with Crippen molar-refractivity contribution >= 4 is 46.1 Å². The van der Waals surface area contributed by atoms with E-state index in [1.807, 2.05) is 0 Å². The fourth-order valence-electron chi connectivity index (χ4n) is 5.64. The lowest BCUT2D eigenvalue weighted by molar-refractivity contribution is 0.0955. The third-order valence-corrected chi connectivity index (χ3v) is 8.84. The molecule has 3 aliphatic rings. The van der Waals surface area contributed by atoms with Crippen molar-refractivity contribution in [2.45, 2.75) is 51.4 Å². The van der Waals surface area contributed by atoms with Crippen LogP contribution in [0.2, 0.25) is 10.0 Å². The Bertz CT molecular complexity index is 1250. The summed E-state index contributed by atoms with van der Waals surface area (Å²) < 4.78 is 16.4. The van der Waals surface area contributed by atoms with Crippen LogP contribution in [0, 0.1) is 11.8 Å². The third-order valence-electron chi connectivity index (χ3n) is 8.20. The summed E-state index contributed by atoms with van der Waals surface area (Å²) in [5.74, 6) is 2.72. The Morgan fingerprint density at radius 2 is 1.31 bits per heavy atom. The van der Waals surface area contributed by atoms with Gasteiger partial charge in [-0.2, -0.15) is 0 Å². The highest BCUT2D eigenvalue weighted by molar-refractivity contribution is 6.34. The SMILES string of the molecule is COc1cc(N)c(Cl)cc1C(=O)CCC1CCNCC1.Nc1c(Cl)cc(C(=O)CCC2CCNCC2)c2c1OCCO2. The smallest absolute Gasteiger partial charge is 0.186 e. The number of carbonyl (C=O) groups excluding carboxylic acids is 2. The molecule has 5 rings (SSSR count). The summed E-state index contributed by atoms with van der Waals surface area (Å²) in [4.78, 5) is 24.9. The minimum atomic E-state index is 0.0437. The number of nitrogens with two attached hydrogens (primary N) is 2. The van der Waals surface area contributed by atoms with E-state index in [9.17, 15) is 9.59 Å². The maximum absolute atomic E-state index is 12.6. The maximum Gasteiger partial charge on any atom is 0.186 e. The number of hydrogen-bond acceptors (Lipinski definition) is 9. The molecule has 0 aromatic heterocycles. The molecule has 3 aliphatic heterocycles. The first-order valence-electron chi connectivity index (χ1n) is 14.8. The van der Waals surface area contributed by atoms with E-state index in [1.165, 1.54) is 7.11 Å². The largest absolute Gasteiger partial charge is 0.496 e. The van der Waals surface area contributed by atoms with Crippen LogP contribution >= 0.6 is 23.2 Å². The van der Waals surface area contributed by atoms with E-state index in [4.69, 9.17) is 48.9 Å². The van der Waals surface area contributed by atoms with Crippen LogP contribution in [0.15, 0.2) is 18.2 Å². The van der Waals surface area contributed by atoms with Crippen molar-refractivity contribution < 1.29 is 23.8 Å². The first-order chi connectivity index (χ1) is 20.3. The molecule has 2 saturated heterocycles. The van der Waals surface area contributed by atoms with E-state index in [2.05, 4.69) is 10.6 Å². The zero-order valence-electron chi connectivity index (χ0n) is 24.2. The molecule has 0 amide bonds. The van der Waals surface area contributed by atoms with Gasteiger partial charge in [-0.05, 0) is 88.7 Å². The van der Waals surface area contributed by atoms with Gasteiger partial charge < -0.3 is 36.3 Å². The number of anilines is 2. The Kier molecular flexibility index (Phi) is 12.0. The predicted octanol–water partition coefficient (Wildman–Crippen LogP) is 5.55. The monoisotopic (exact) mass is 620 g/mol. The van der Waals surface area contributed by atoms with Crippen molar-refractivity contribution in [2.75, 3.05) is 58.0 Å². The van der Waals surface area contributed by atoms with Crippen LogP contribution in [-0.4, -0.2) is 58.1 Å². The Labute approximate surface area is 257 Å². The highest BCUT2D eigenvalue weighted by Crippen LogP contribution is 2.44. The van der Waals surface area contributed by atoms with E-state index in [0.717, 1.165) is 64.7 Å². The number of rotatable bonds is 9. The Morgan fingerprint density at radius 1 is 0.810 bits per heavy atom. The summed E-state index contributed by atoms with van der Waals surface area (Å²) in [6, 6.07) is 4.83. The second-order valence-electron chi connectivity index (χ2n) is 11.1. The molecule has 2 fully saturated rings. The van der Waals surface area contributed by atoms with Crippen molar-refractivity contribution in [3.63, 3.8) is 0 Å². The maximum atomic E-state index is 12.6. The van der Waals surface area contributed by atoms with Crippen LogP contribution in [0.25, 0.3) is 0 Å². The van der Waals surface area contributed by atoms with Crippen molar-refractivity contribution in [3.05, 3.63) is 39.4 Å². The van der Waals surface area contributed by atoms with Crippen LogP contribution in [0.1, 0.15) is 72.1 Å². The van der Waals surface area contributed by atoms with Crippen molar-refractivity contribution in [1.29, 1.82) is 0 Å². The van der Waals surface area contributed by atoms with Gasteiger partial charge in [0.05, 0.1) is 39.7 Å². The average molecular weight is 622 g/mol. The number of nitrogen functional groups attached to an aromatic ring is 2. The number of ether oxygens (including phenoxy) is 3. The number of benzene rings is 2. The molecule has 0 spiro atoms. The second-order valence-corrected chi connectivity index (χ2v) is 11.9. The van der Waals surface area contributed by atoms with Crippen molar-refractivity contribution in [3.8, 4) is 17.2 Å². The van der Waals surface area contributed by atoms with Crippen LogP contribution in [-0.2, 0) is 0 Å². The zero-order valence-corrected chi connectivity index (χ0v) is 25.7. The highest BCUT2D eigenvalue weighted by Gasteiger charge is 2.26. The number of fused-ring (bicyclic) bond motifs is 1. The Balaban J connectivity index is 0.000000194. The zero-order chi connectivity index (χ0) is 30.1. The molecule has 6 N–H and O–H groups in total. The molecule has 0 aliphatic carbocycles. The average Bonchev–Trinajstić information content (AvgIpc) is 3.03. The van der Waals surface area contributed by atoms with Gasteiger partial charge in [0.25, 0.3) is 0 Å². The molecule has 0 radical (unpaired) electrons. The molecule has 230 valence electrons. The summed E-state index contributed by atoms with van der Waals surface area (Å²) in [5.41, 5.74) is 13.4. The minimum Gasteiger partial charge on any atom is -0.496 e. The quantitative estimate of drug-likeness (QED) is 0.210. The van der Waals surface area contributed by atoms with Crippen LogP contribution in [0.5, 0.6) is 17.2 Å². The highest BCUT2D eigenvalue weighted by atomic mass is 35.5. The molecule has 0 bridgehead atoms. The standard InChI is InChI=1S/C16H21ClN2O3.C15H21ClN2O2/c17-12-9-11(15-16(14(12)18)22-8-7-21-15)13(20)2-1-10-3-5-19-6-4-10;1-20-15-9-13(17)12(16)8-11(15)14(19)3-2-10-4-6-18-7-5-10/h9-10,19H,1-8,18H2;8-10,18H,2-7,17H2,1H3. The van der Waals surface area contributed by atoms with Gasteiger partial charge in [-0.25, -0.2) is 0 Å². The molecular weight excluding hydrogens is 579 g/mol. The van der Waals surface area contributed by atoms with Gasteiger partial charge in [0.2, 0.25) is 0 Å². The first kappa shape index (κ1) is 32.2. The molecule has 42 heavy (non-hydrogen) atoms. The third kappa shape index (κ3) is 8.43. The van der Waals surface area contributed by atoms with Gasteiger partial charge in [-0.3, -0.25) is 9.59 Å². The topological polar surface area (TPSA) is 138 Å². The van der Waals surface area contributed by atoms with Crippen LogP contribution in [0.3, 0.4) is 0 Å². The predicted molar refractivity (Wildman–Crippen MR) is 168 cm³/mol. The van der Waals surface area contributed by atoms with Crippen LogP contribution in [0.4, 0.5) is 11.4 Å². The second kappa shape index (κ2) is 15.7. The molecule has 2 aromatic carbocycles. The summed E-state index contributed by atoms with van der Waals surface area (Å²) in [6.07, 6.45) is 7.41. The Morgan fingerprint density at radius 3 is 1.86 bits per heavy atom. The number of methoxy groups -OCH3 is 1. The normalized spacial score (nSPS) is 17.2. The number of halogens is 2. The lowest BCUT2D eigenvalue weighted by Crippen LogP contribution is -2.28. The molecule has 2 aromatic rings. The fourth-order valence-corrected chi connectivity index (χ4v) is 6.00.